The van der Waals surface area contributed by atoms with Gasteiger partial charge in [0.15, 0.2) is 5.82 Å². The molecule has 0 radical (unpaired) electrons. The summed E-state index contributed by atoms with van der Waals surface area (Å²) < 4.78 is 4.95. The van der Waals surface area contributed by atoms with Crippen LogP contribution in [0.3, 0.4) is 0 Å². The van der Waals surface area contributed by atoms with Crippen LogP contribution in [0.15, 0.2) is 28.8 Å². The minimum Gasteiger partial charge on any atom is -0.360 e. The number of carbonyl (C=O) groups excluding carboxylic acids is 2. The molecule has 10 nitrogen and oxygen atoms in total. The van der Waals surface area contributed by atoms with Crippen molar-refractivity contribution in [3.05, 3.63) is 50.7 Å². The Morgan fingerprint density at radius 1 is 1.27 bits per heavy atom. The van der Waals surface area contributed by atoms with E-state index in [0.29, 0.717) is 12.2 Å². The number of nitro groups is 1. The van der Waals surface area contributed by atoms with Gasteiger partial charge in [-0.15, -0.1) is 0 Å². The van der Waals surface area contributed by atoms with Gasteiger partial charge in [-0.1, -0.05) is 30.6 Å². The molecule has 0 spiro atoms. The number of halogens is 1. The Kier molecular flexibility index (Phi) is 9.80. The lowest BCUT2D eigenvalue weighted by Crippen LogP contribution is -2.44. The lowest BCUT2D eigenvalue weighted by Gasteiger charge is -2.29. The second-order valence-electron chi connectivity index (χ2n) is 7.75. The minimum absolute atomic E-state index is 0.0606. The first kappa shape index (κ1) is 26.3. The molecule has 11 heteroatoms. The smallest absolute Gasteiger partial charge is 0.288 e. The predicted molar refractivity (Wildman–Crippen MR) is 125 cm³/mol. The van der Waals surface area contributed by atoms with E-state index in [-0.39, 0.29) is 34.7 Å². The number of hydrogen-bond donors (Lipinski definition) is 1. The molecular formula is C22H30ClN5O5. The van der Waals surface area contributed by atoms with Gasteiger partial charge in [0.2, 0.25) is 5.91 Å². The van der Waals surface area contributed by atoms with Crippen molar-refractivity contribution < 1.29 is 19.0 Å². The molecule has 1 N–H and O–H groups in total. The maximum absolute atomic E-state index is 13.3. The second-order valence-corrected chi connectivity index (χ2v) is 8.15. The van der Waals surface area contributed by atoms with Gasteiger partial charge in [-0.2, -0.15) is 0 Å². The van der Waals surface area contributed by atoms with Gasteiger partial charge in [-0.3, -0.25) is 19.7 Å². The Morgan fingerprint density at radius 3 is 2.55 bits per heavy atom. The quantitative estimate of drug-likeness (QED) is 0.358. The summed E-state index contributed by atoms with van der Waals surface area (Å²) in [5, 5.41) is 17.5. The number of aryl methyl sites for hydroxylation is 1. The number of anilines is 1. The van der Waals surface area contributed by atoms with Crippen molar-refractivity contribution in [2.45, 2.75) is 46.6 Å². The SMILES string of the molecule is CCN(CC)CCCC(C)N(CC(=O)Nc1cc(C)on1)C(=O)c1ccc(Cl)c([N+](=O)[O-])c1. The van der Waals surface area contributed by atoms with Crippen molar-refractivity contribution in [3.8, 4) is 0 Å². The summed E-state index contributed by atoms with van der Waals surface area (Å²) in [6, 6.07) is 5.16. The van der Waals surface area contributed by atoms with E-state index in [9.17, 15) is 19.7 Å². The molecule has 0 aliphatic rings. The summed E-state index contributed by atoms with van der Waals surface area (Å²) in [6.45, 7) is 10.2. The van der Waals surface area contributed by atoms with E-state index in [1.165, 1.54) is 17.0 Å². The fraction of sp³-hybridized carbons (Fsp3) is 0.500. The van der Waals surface area contributed by atoms with Gasteiger partial charge in [0.1, 0.15) is 17.3 Å². The lowest BCUT2D eigenvalue weighted by molar-refractivity contribution is -0.384. The summed E-state index contributed by atoms with van der Waals surface area (Å²) in [4.78, 5) is 40.3. The molecule has 2 rings (SSSR count). The van der Waals surface area contributed by atoms with Crippen LogP contribution in [-0.4, -0.2) is 63.9 Å². The number of nitro benzene ring substituents is 1. The van der Waals surface area contributed by atoms with Crippen LogP contribution in [-0.2, 0) is 4.79 Å². The average Bonchev–Trinajstić information content (AvgIpc) is 3.18. The van der Waals surface area contributed by atoms with Crippen molar-refractivity contribution in [1.29, 1.82) is 0 Å². The molecule has 0 fully saturated rings. The zero-order chi connectivity index (χ0) is 24.5. The first-order chi connectivity index (χ1) is 15.7. The van der Waals surface area contributed by atoms with Crippen LogP contribution in [0.2, 0.25) is 5.02 Å². The molecule has 1 heterocycles. The molecule has 0 saturated carbocycles. The van der Waals surface area contributed by atoms with E-state index in [4.69, 9.17) is 16.1 Å². The van der Waals surface area contributed by atoms with Crippen LogP contribution in [0.5, 0.6) is 0 Å². The summed E-state index contributed by atoms with van der Waals surface area (Å²) in [7, 11) is 0. The third kappa shape index (κ3) is 7.54. The van der Waals surface area contributed by atoms with E-state index < -0.39 is 16.7 Å². The van der Waals surface area contributed by atoms with Crippen molar-refractivity contribution in [1.82, 2.24) is 15.0 Å². The summed E-state index contributed by atoms with van der Waals surface area (Å²) in [5.74, 6) is -0.148. The van der Waals surface area contributed by atoms with Crippen LogP contribution in [0.25, 0.3) is 0 Å². The summed E-state index contributed by atoms with van der Waals surface area (Å²) in [5.41, 5.74) is -0.272. The Morgan fingerprint density at radius 2 is 1.97 bits per heavy atom. The highest BCUT2D eigenvalue weighted by Gasteiger charge is 2.26. The highest BCUT2D eigenvalue weighted by Crippen LogP contribution is 2.26. The third-order valence-corrected chi connectivity index (χ3v) is 5.70. The Bertz CT molecular complexity index is 976. The molecule has 1 unspecified atom stereocenters. The fourth-order valence-electron chi connectivity index (χ4n) is 3.45. The van der Waals surface area contributed by atoms with Crippen LogP contribution >= 0.6 is 11.6 Å². The van der Waals surface area contributed by atoms with Gasteiger partial charge in [0.05, 0.1) is 4.92 Å². The number of benzene rings is 1. The van der Waals surface area contributed by atoms with Crippen LogP contribution < -0.4 is 5.32 Å². The van der Waals surface area contributed by atoms with E-state index in [0.717, 1.165) is 32.1 Å². The first-order valence-corrected chi connectivity index (χ1v) is 11.2. The fourth-order valence-corrected chi connectivity index (χ4v) is 3.63. The molecule has 1 aromatic carbocycles. The topological polar surface area (TPSA) is 122 Å². The van der Waals surface area contributed by atoms with E-state index in [1.807, 2.05) is 6.92 Å². The minimum atomic E-state index is -0.642. The van der Waals surface area contributed by atoms with Crippen LogP contribution in [0.4, 0.5) is 11.5 Å². The number of nitrogens with one attached hydrogen (secondary N) is 1. The number of hydrogen-bond acceptors (Lipinski definition) is 7. The van der Waals surface area contributed by atoms with Crippen molar-refractivity contribution in [2.24, 2.45) is 0 Å². The van der Waals surface area contributed by atoms with Crippen LogP contribution in [0.1, 0.15) is 49.7 Å². The Labute approximate surface area is 198 Å². The average molecular weight is 480 g/mol. The molecule has 0 aliphatic heterocycles. The van der Waals surface area contributed by atoms with Gasteiger partial charge < -0.3 is 19.6 Å². The lowest BCUT2D eigenvalue weighted by atomic mass is 10.1. The van der Waals surface area contributed by atoms with Crippen molar-refractivity contribution in [2.75, 3.05) is 31.5 Å². The van der Waals surface area contributed by atoms with Gasteiger partial charge in [0.25, 0.3) is 11.6 Å². The third-order valence-electron chi connectivity index (χ3n) is 5.38. The van der Waals surface area contributed by atoms with Crippen molar-refractivity contribution >= 4 is 34.9 Å². The van der Waals surface area contributed by atoms with E-state index in [1.54, 1.807) is 13.0 Å². The van der Waals surface area contributed by atoms with E-state index in [2.05, 4.69) is 29.2 Å². The molecule has 0 saturated heterocycles. The largest absolute Gasteiger partial charge is 0.360 e. The molecule has 2 aromatic rings. The number of carbonyl (C=O) groups is 2. The van der Waals surface area contributed by atoms with E-state index >= 15 is 0 Å². The van der Waals surface area contributed by atoms with Crippen LogP contribution in [0, 0.1) is 17.0 Å². The molecule has 0 bridgehead atoms. The number of aromatic nitrogens is 1. The molecule has 33 heavy (non-hydrogen) atoms. The van der Waals surface area contributed by atoms with Gasteiger partial charge in [-0.05, 0) is 58.5 Å². The maximum atomic E-state index is 13.3. The summed E-state index contributed by atoms with van der Waals surface area (Å²) >= 11 is 5.89. The summed E-state index contributed by atoms with van der Waals surface area (Å²) in [6.07, 6.45) is 1.49. The molecular weight excluding hydrogens is 450 g/mol. The molecule has 1 aromatic heterocycles. The van der Waals surface area contributed by atoms with Crippen molar-refractivity contribution in [3.63, 3.8) is 0 Å². The zero-order valence-corrected chi connectivity index (χ0v) is 20.1. The van der Waals surface area contributed by atoms with Gasteiger partial charge >= 0.3 is 0 Å². The Balaban J connectivity index is 2.21. The number of amides is 2. The molecule has 2 amide bonds. The standard InChI is InChI=1S/C22H30ClN5O5/c1-5-26(6-2)11-7-8-15(3)27(14-21(29)24-20-12-16(4)33-25-20)22(30)17-9-10-18(23)19(13-17)28(31)32/h9-10,12-13,15H,5-8,11,14H2,1-4H3,(H,24,25,29). The molecule has 0 aliphatic carbocycles. The predicted octanol–water partition coefficient (Wildman–Crippen LogP) is 4.14. The normalized spacial score (nSPS) is 11.9. The number of rotatable bonds is 12. The highest BCUT2D eigenvalue weighted by molar-refractivity contribution is 6.32. The number of nitrogens with zero attached hydrogens (tertiary/aromatic N) is 4. The molecule has 1 atom stereocenters. The van der Waals surface area contributed by atoms with Gasteiger partial charge in [-0.25, -0.2) is 0 Å². The molecule has 180 valence electrons. The Hall–Kier alpha value is -2.98. The zero-order valence-electron chi connectivity index (χ0n) is 19.3. The first-order valence-electron chi connectivity index (χ1n) is 10.9. The van der Waals surface area contributed by atoms with Gasteiger partial charge in [0, 0.05) is 23.7 Å². The monoisotopic (exact) mass is 479 g/mol. The maximum Gasteiger partial charge on any atom is 0.288 e. The second kappa shape index (κ2) is 12.3. The highest BCUT2D eigenvalue weighted by atomic mass is 35.5.